The molecule has 0 aliphatic carbocycles. The number of amides is 2. The van der Waals surface area contributed by atoms with Gasteiger partial charge in [-0.05, 0) is 18.2 Å². The number of likely N-dealkylation sites (tertiary alicyclic amines) is 1. The lowest BCUT2D eigenvalue weighted by molar-refractivity contribution is -0.0331. The van der Waals surface area contributed by atoms with Crippen molar-refractivity contribution in [2.45, 2.75) is 18.4 Å². The molecule has 1 fully saturated rings. The molecule has 2 aromatic rings. The minimum absolute atomic E-state index is 0.0268. The number of carbonyl (C=O) groups is 2. The third-order valence-corrected chi connectivity index (χ3v) is 4.82. The lowest BCUT2D eigenvalue weighted by Gasteiger charge is -2.44. The Labute approximate surface area is 140 Å². The number of piperidine rings is 1. The van der Waals surface area contributed by atoms with Crippen LogP contribution in [0.25, 0.3) is 0 Å². The summed E-state index contributed by atoms with van der Waals surface area (Å²) in [5, 5.41) is 2.75. The quantitative estimate of drug-likeness (QED) is 0.875. The first kappa shape index (κ1) is 14.8. The van der Waals surface area contributed by atoms with Gasteiger partial charge in [-0.15, -0.1) is 0 Å². The van der Waals surface area contributed by atoms with Crippen molar-refractivity contribution in [3.05, 3.63) is 65.7 Å². The first-order chi connectivity index (χ1) is 11.7. The third kappa shape index (κ3) is 2.42. The van der Waals surface area contributed by atoms with Crippen molar-refractivity contribution in [3.63, 3.8) is 0 Å². The molecular formula is C19H18N2O3. The molecule has 2 heterocycles. The van der Waals surface area contributed by atoms with Gasteiger partial charge in [-0.25, -0.2) is 4.79 Å². The van der Waals surface area contributed by atoms with Crippen LogP contribution in [0, 0.1) is 0 Å². The molecule has 1 saturated heterocycles. The molecular weight excluding hydrogens is 304 g/mol. The summed E-state index contributed by atoms with van der Waals surface area (Å²) in [6.45, 7) is 1.13. The van der Waals surface area contributed by atoms with E-state index in [9.17, 15) is 9.59 Å². The summed E-state index contributed by atoms with van der Waals surface area (Å²) in [6.07, 6.45) is 0.794. The molecule has 2 amide bonds. The van der Waals surface area contributed by atoms with Crippen LogP contribution in [-0.2, 0) is 10.3 Å². The Morgan fingerprint density at radius 2 is 1.67 bits per heavy atom. The Balaban J connectivity index is 1.56. The average Bonchev–Trinajstić information content (AvgIpc) is 2.62. The number of carbonyl (C=O) groups excluding carboxylic acids is 2. The Morgan fingerprint density at radius 1 is 1.00 bits per heavy atom. The predicted octanol–water partition coefficient (Wildman–Crippen LogP) is 3.38. The molecule has 122 valence electrons. The van der Waals surface area contributed by atoms with E-state index in [0.717, 1.165) is 11.3 Å². The number of benzene rings is 2. The topological polar surface area (TPSA) is 58.6 Å². The number of nitrogens with one attached hydrogen (secondary N) is 1. The van der Waals surface area contributed by atoms with Crippen LogP contribution in [0.4, 0.5) is 10.5 Å². The van der Waals surface area contributed by atoms with Gasteiger partial charge >= 0.3 is 6.09 Å². The molecule has 0 bridgehead atoms. The summed E-state index contributed by atoms with van der Waals surface area (Å²) in [5.74, 6) is 0.0268. The SMILES string of the molecule is O=C1Nc2ccccc2C2(CCN(C(=O)c3ccccc3)CC2)O1. The van der Waals surface area contributed by atoms with Crippen LogP contribution in [0.2, 0.25) is 0 Å². The van der Waals surface area contributed by atoms with E-state index in [2.05, 4.69) is 5.32 Å². The zero-order valence-electron chi connectivity index (χ0n) is 13.2. The molecule has 1 spiro atoms. The van der Waals surface area contributed by atoms with E-state index in [1.807, 2.05) is 59.5 Å². The van der Waals surface area contributed by atoms with Crippen LogP contribution < -0.4 is 5.32 Å². The molecule has 2 aromatic carbocycles. The first-order valence-electron chi connectivity index (χ1n) is 8.12. The molecule has 0 unspecified atom stereocenters. The standard InChI is InChI=1S/C19H18N2O3/c22-17(14-6-2-1-3-7-14)21-12-10-19(11-13-21)15-8-4-5-9-16(15)20-18(23)24-19/h1-9H,10-13H2,(H,20,23). The minimum atomic E-state index is -0.633. The largest absolute Gasteiger partial charge is 0.438 e. The van der Waals surface area contributed by atoms with E-state index >= 15 is 0 Å². The summed E-state index contributed by atoms with van der Waals surface area (Å²) in [5.41, 5.74) is 1.86. The highest BCUT2D eigenvalue weighted by Gasteiger charge is 2.44. The Morgan fingerprint density at radius 3 is 2.42 bits per heavy atom. The van der Waals surface area contributed by atoms with Gasteiger partial charge < -0.3 is 9.64 Å². The van der Waals surface area contributed by atoms with Gasteiger partial charge in [0.1, 0.15) is 5.60 Å². The van der Waals surface area contributed by atoms with Gasteiger partial charge in [-0.1, -0.05) is 36.4 Å². The number of fused-ring (bicyclic) bond motifs is 2. The van der Waals surface area contributed by atoms with Gasteiger partial charge in [-0.3, -0.25) is 10.1 Å². The molecule has 0 saturated carbocycles. The fraction of sp³-hybridized carbons (Fsp3) is 0.263. The van der Waals surface area contributed by atoms with Crippen molar-refractivity contribution in [2.24, 2.45) is 0 Å². The van der Waals surface area contributed by atoms with Crippen molar-refractivity contribution in [2.75, 3.05) is 18.4 Å². The van der Waals surface area contributed by atoms with Gasteiger partial charge in [0.2, 0.25) is 0 Å². The second-order valence-electron chi connectivity index (χ2n) is 6.21. The monoisotopic (exact) mass is 322 g/mol. The molecule has 1 N–H and O–H groups in total. The van der Waals surface area contributed by atoms with Crippen LogP contribution in [-0.4, -0.2) is 30.0 Å². The summed E-state index contributed by atoms with van der Waals surface area (Å²) < 4.78 is 5.69. The third-order valence-electron chi connectivity index (χ3n) is 4.82. The second-order valence-corrected chi connectivity index (χ2v) is 6.21. The van der Waals surface area contributed by atoms with Crippen molar-refractivity contribution < 1.29 is 14.3 Å². The molecule has 5 heteroatoms. The number of nitrogens with zero attached hydrogens (tertiary/aromatic N) is 1. The van der Waals surface area contributed by atoms with E-state index in [1.54, 1.807) is 0 Å². The van der Waals surface area contributed by atoms with Gasteiger partial charge in [-0.2, -0.15) is 0 Å². The van der Waals surface area contributed by atoms with Crippen LogP contribution >= 0.6 is 0 Å². The fourth-order valence-corrected chi connectivity index (χ4v) is 3.56. The fourth-order valence-electron chi connectivity index (χ4n) is 3.56. The zero-order valence-corrected chi connectivity index (χ0v) is 13.2. The molecule has 4 rings (SSSR count). The predicted molar refractivity (Wildman–Crippen MR) is 89.8 cm³/mol. The minimum Gasteiger partial charge on any atom is -0.438 e. The summed E-state index contributed by atoms with van der Waals surface area (Å²) in [4.78, 5) is 26.3. The van der Waals surface area contributed by atoms with Gasteiger partial charge in [0.15, 0.2) is 0 Å². The maximum atomic E-state index is 12.6. The highest BCUT2D eigenvalue weighted by molar-refractivity contribution is 5.94. The number of para-hydroxylation sites is 1. The summed E-state index contributed by atoms with van der Waals surface area (Å²) >= 11 is 0. The molecule has 24 heavy (non-hydrogen) atoms. The number of ether oxygens (including phenoxy) is 1. The number of hydrogen-bond donors (Lipinski definition) is 1. The van der Waals surface area contributed by atoms with Gasteiger partial charge in [0.25, 0.3) is 5.91 Å². The number of rotatable bonds is 1. The summed E-state index contributed by atoms with van der Waals surface area (Å²) in [7, 11) is 0. The molecule has 2 aliphatic heterocycles. The van der Waals surface area contributed by atoms with Crippen LogP contribution in [0.1, 0.15) is 28.8 Å². The highest BCUT2D eigenvalue weighted by Crippen LogP contribution is 2.43. The lowest BCUT2D eigenvalue weighted by Crippen LogP contribution is -2.49. The van der Waals surface area contributed by atoms with E-state index < -0.39 is 11.7 Å². The number of anilines is 1. The van der Waals surface area contributed by atoms with Crippen LogP contribution in [0.15, 0.2) is 54.6 Å². The Hall–Kier alpha value is -2.82. The molecule has 0 atom stereocenters. The average molecular weight is 322 g/mol. The molecule has 2 aliphatic rings. The van der Waals surface area contributed by atoms with E-state index in [0.29, 0.717) is 31.5 Å². The Bertz CT molecular complexity index is 780. The van der Waals surface area contributed by atoms with Crippen molar-refractivity contribution in [3.8, 4) is 0 Å². The second kappa shape index (κ2) is 5.67. The van der Waals surface area contributed by atoms with Crippen molar-refractivity contribution in [1.29, 1.82) is 0 Å². The van der Waals surface area contributed by atoms with E-state index in [1.165, 1.54) is 0 Å². The molecule has 0 radical (unpaired) electrons. The normalized spacial score (nSPS) is 18.5. The van der Waals surface area contributed by atoms with Crippen molar-refractivity contribution >= 4 is 17.7 Å². The van der Waals surface area contributed by atoms with Crippen LogP contribution in [0.5, 0.6) is 0 Å². The highest BCUT2D eigenvalue weighted by atomic mass is 16.6. The maximum absolute atomic E-state index is 12.6. The molecule has 0 aromatic heterocycles. The van der Waals surface area contributed by atoms with Crippen molar-refractivity contribution in [1.82, 2.24) is 4.90 Å². The number of hydrogen-bond acceptors (Lipinski definition) is 3. The first-order valence-corrected chi connectivity index (χ1v) is 8.12. The Kier molecular flexibility index (Phi) is 3.49. The maximum Gasteiger partial charge on any atom is 0.412 e. The molecule has 5 nitrogen and oxygen atoms in total. The summed E-state index contributed by atoms with van der Waals surface area (Å²) in [6, 6.07) is 17.0. The lowest BCUT2D eigenvalue weighted by atomic mass is 9.82. The van der Waals surface area contributed by atoms with Gasteiger partial charge in [0, 0.05) is 37.1 Å². The smallest absolute Gasteiger partial charge is 0.412 e. The van der Waals surface area contributed by atoms with Gasteiger partial charge in [0.05, 0.1) is 5.69 Å². The van der Waals surface area contributed by atoms with E-state index in [4.69, 9.17) is 4.74 Å². The van der Waals surface area contributed by atoms with Crippen LogP contribution in [0.3, 0.4) is 0 Å². The van der Waals surface area contributed by atoms with E-state index in [-0.39, 0.29) is 5.91 Å². The zero-order chi connectivity index (χ0) is 16.6.